The first-order chi connectivity index (χ1) is 16.5. The minimum absolute atomic E-state index is 0.0126. The van der Waals surface area contributed by atoms with Crippen LogP contribution >= 0.6 is 0 Å². The average molecular weight is 459 g/mol. The number of anilines is 2. The number of ether oxygens (including phenoxy) is 1. The van der Waals surface area contributed by atoms with Gasteiger partial charge in [-0.15, -0.1) is 0 Å². The number of nitrogens with zero attached hydrogens (tertiary/aromatic N) is 2. The fourth-order valence-electron chi connectivity index (χ4n) is 5.48. The molecule has 1 aliphatic rings. The minimum Gasteiger partial charge on any atom is -0.457 e. The Hall–Kier alpha value is -2.98. The molecule has 3 aromatic rings. The van der Waals surface area contributed by atoms with Gasteiger partial charge < -0.3 is 19.6 Å². The van der Waals surface area contributed by atoms with E-state index in [0.29, 0.717) is 0 Å². The Bertz CT molecular complexity index is 1100. The molecule has 0 atom stereocenters. The molecule has 0 spiro atoms. The number of benzene rings is 3. The highest BCUT2D eigenvalue weighted by Gasteiger charge is 2.34. The van der Waals surface area contributed by atoms with E-state index in [1.807, 2.05) is 12.1 Å². The average Bonchev–Trinajstić information content (AvgIpc) is 2.84. The van der Waals surface area contributed by atoms with Crippen LogP contribution in [0.3, 0.4) is 0 Å². The van der Waals surface area contributed by atoms with E-state index in [-0.39, 0.29) is 12.5 Å². The fourth-order valence-corrected chi connectivity index (χ4v) is 5.48. The Morgan fingerprint density at radius 2 is 1.21 bits per heavy atom. The van der Waals surface area contributed by atoms with E-state index < -0.39 is 0 Å². The molecule has 4 nitrogen and oxygen atoms in total. The zero-order valence-corrected chi connectivity index (χ0v) is 21.5. The lowest BCUT2D eigenvalue weighted by atomic mass is 9.77. The second kappa shape index (κ2) is 10.1. The summed E-state index contributed by atoms with van der Waals surface area (Å²) in [4.78, 5) is 4.72. The van der Waals surface area contributed by atoms with E-state index in [4.69, 9.17) is 4.74 Å². The van der Waals surface area contributed by atoms with Gasteiger partial charge in [-0.3, -0.25) is 0 Å². The molecular formula is C30H38N2O2. The van der Waals surface area contributed by atoms with Crippen LogP contribution in [0.1, 0.15) is 67.0 Å². The van der Waals surface area contributed by atoms with Gasteiger partial charge in [-0.05, 0) is 75.9 Å². The SMILES string of the molecule is CCN(CC)c1cc(C)c2c(c1)Oc1cc(N(CC)CC)cc(C)c1C2c1ccccc1CO. The number of aryl methyl sites for hydroxylation is 2. The van der Waals surface area contributed by atoms with Crippen molar-refractivity contribution in [3.63, 3.8) is 0 Å². The predicted octanol–water partition coefficient (Wildman–Crippen LogP) is 6.77. The number of rotatable bonds is 8. The van der Waals surface area contributed by atoms with Gasteiger partial charge >= 0.3 is 0 Å². The highest BCUT2D eigenvalue weighted by molar-refractivity contribution is 5.70. The number of fused-ring (bicyclic) bond motifs is 2. The van der Waals surface area contributed by atoms with Gasteiger partial charge in [-0.1, -0.05) is 24.3 Å². The largest absolute Gasteiger partial charge is 0.457 e. The molecule has 0 aliphatic carbocycles. The number of aliphatic hydroxyl groups excluding tert-OH is 1. The van der Waals surface area contributed by atoms with Gasteiger partial charge in [0, 0.05) is 66.7 Å². The van der Waals surface area contributed by atoms with Gasteiger partial charge in [-0.2, -0.15) is 0 Å². The molecule has 0 aromatic heterocycles. The van der Waals surface area contributed by atoms with Crippen molar-refractivity contribution in [2.45, 2.75) is 54.1 Å². The lowest BCUT2D eigenvalue weighted by molar-refractivity contribution is 0.280. The summed E-state index contributed by atoms with van der Waals surface area (Å²) in [5.74, 6) is 1.85. The molecule has 0 fully saturated rings. The fraction of sp³-hybridized carbons (Fsp3) is 0.400. The zero-order chi connectivity index (χ0) is 24.4. The molecule has 3 aromatic carbocycles. The van der Waals surface area contributed by atoms with Crippen molar-refractivity contribution in [1.82, 2.24) is 0 Å². The van der Waals surface area contributed by atoms with E-state index in [1.165, 1.54) is 33.6 Å². The highest BCUT2D eigenvalue weighted by Crippen LogP contribution is 2.52. The van der Waals surface area contributed by atoms with Crippen molar-refractivity contribution < 1.29 is 9.84 Å². The Labute approximate surface area is 204 Å². The second-order valence-corrected chi connectivity index (χ2v) is 9.09. The molecule has 0 radical (unpaired) electrons. The zero-order valence-electron chi connectivity index (χ0n) is 21.5. The summed E-state index contributed by atoms with van der Waals surface area (Å²) in [6.07, 6.45) is 0. The maximum Gasteiger partial charge on any atom is 0.133 e. The van der Waals surface area contributed by atoms with Crippen molar-refractivity contribution in [1.29, 1.82) is 0 Å². The third-order valence-electron chi connectivity index (χ3n) is 7.26. The lowest BCUT2D eigenvalue weighted by Gasteiger charge is -2.35. The van der Waals surface area contributed by atoms with E-state index in [0.717, 1.165) is 48.8 Å². The van der Waals surface area contributed by atoms with Crippen LogP contribution in [0, 0.1) is 13.8 Å². The molecule has 0 bridgehead atoms. The van der Waals surface area contributed by atoms with Gasteiger partial charge in [-0.25, -0.2) is 0 Å². The molecule has 34 heavy (non-hydrogen) atoms. The van der Waals surface area contributed by atoms with Gasteiger partial charge in [0.2, 0.25) is 0 Å². The Morgan fingerprint density at radius 1 is 0.735 bits per heavy atom. The molecular weight excluding hydrogens is 420 g/mol. The van der Waals surface area contributed by atoms with Crippen LogP contribution in [0.25, 0.3) is 0 Å². The van der Waals surface area contributed by atoms with Crippen molar-refractivity contribution in [2.75, 3.05) is 36.0 Å². The van der Waals surface area contributed by atoms with Crippen LogP contribution in [-0.4, -0.2) is 31.3 Å². The van der Waals surface area contributed by atoms with E-state index in [9.17, 15) is 5.11 Å². The van der Waals surface area contributed by atoms with Crippen LogP contribution in [0.2, 0.25) is 0 Å². The number of hydrogen-bond donors (Lipinski definition) is 1. The number of aliphatic hydroxyl groups is 1. The summed E-state index contributed by atoms with van der Waals surface area (Å²) in [5, 5.41) is 10.2. The normalized spacial score (nSPS) is 12.7. The van der Waals surface area contributed by atoms with E-state index in [2.05, 4.69) is 87.7 Å². The first kappa shape index (κ1) is 24.2. The smallest absolute Gasteiger partial charge is 0.133 e. The molecule has 0 unspecified atom stereocenters. The van der Waals surface area contributed by atoms with Crippen molar-refractivity contribution in [3.05, 3.63) is 81.9 Å². The molecule has 0 saturated heterocycles. The van der Waals surface area contributed by atoms with Crippen LogP contribution in [0.4, 0.5) is 11.4 Å². The summed E-state index contributed by atoms with van der Waals surface area (Å²) in [6, 6.07) is 17.2. The highest BCUT2D eigenvalue weighted by atomic mass is 16.5. The van der Waals surface area contributed by atoms with Crippen molar-refractivity contribution in [3.8, 4) is 11.5 Å². The van der Waals surface area contributed by atoms with E-state index >= 15 is 0 Å². The minimum atomic E-state index is 0.0126. The van der Waals surface area contributed by atoms with Crippen molar-refractivity contribution in [2.24, 2.45) is 0 Å². The van der Waals surface area contributed by atoms with Crippen LogP contribution in [-0.2, 0) is 6.61 Å². The second-order valence-electron chi connectivity index (χ2n) is 9.09. The molecule has 180 valence electrons. The third-order valence-corrected chi connectivity index (χ3v) is 7.26. The summed E-state index contributed by atoms with van der Waals surface area (Å²) in [6.45, 7) is 17.0. The summed E-state index contributed by atoms with van der Waals surface area (Å²) in [7, 11) is 0. The van der Waals surface area contributed by atoms with Crippen LogP contribution < -0.4 is 14.5 Å². The molecule has 0 amide bonds. The Morgan fingerprint density at radius 3 is 1.65 bits per heavy atom. The molecule has 1 N–H and O–H groups in total. The third kappa shape index (κ3) is 4.16. The Balaban J connectivity index is 1.99. The summed E-state index contributed by atoms with van der Waals surface area (Å²) >= 11 is 0. The van der Waals surface area contributed by atoms with E-state index in [1.54, 1.807) is 0 Å². The van der Waals surface area contributed by atoms with Crippen LogP contribution in [0.15, 0.2) is 48.5 Å². The predicted molar refractivity (Wildman–Crippen MR) is 143 cm³/mol. The van der Waals surface area contributed by atoms with Gasteiger partial charge in [0.15, 0.2) is 0 Å². The standard InChI is InChI=1S/C30H38N2O2/c1-7-31(8-2)23-15-20(5)28-26(17-23)34-27-18-24(32(9-3)10-4)16-21(6)29(27)30(28)25-14-12-11-13-22(25)19-33/h11-18,30,33H,7-10,19H2,1-6H3. The molecule has 4 rings (SSSR count). The van der Waals surface area contributed by atoms with Gasteiger partial charge in [0.05, 0.1) is 6.61 Å². The lowest BCUT2D eigenvalue weighted by Crippen LogP contribution is -2.24. The summed E-state index contributed by atoms with van der Waals surface area (Å²) in [5.41, 5.74) is 9.32. The first-order valence-corrected chi connectivity index (χ1v) is 12.6. The van der Waals surface area contributed by atoms with Crippen molar-refractivity contribution >= 4 is 11.4 Å². The Kier molecular flexibility index (Phi) is 7.18. The maximum atomic E-state index is 10.2. The quantitative estimate of drug-likeness (QED) is 0.316. The monoisotopic (exact) mass is 458 g/mol. The molecule has 0 saturated carbocycles. The topological polar surface area (TPSA) is 35.9 Å². The van der Waals surface area contributed by atoms with Gasteiger partial charge in [0.1, 0.15) is 11.5 Å². The summed E-state index contributed by atoms with van der Waals surface area (Å²) < 4.78 is 6.71. The maximum absolute atomic E-state index is 10.2. The van der Waals surface area contributed by atoms with Crippen LogP contribution in [0.5, 0.6) is 11.5 Å². The van der Waals surface area contributed by atoms with Gasteiger partial charge in [0.25, 0.3) is 0 Å². The number of hydrogen-bond acceptors (Lipinski definition) is 4. The molecule has 4 heteroatoms. The molecule has 1 aliphatic heterocycles. The first-order valence-electron chi connectivity index (χ1n) is 12.6. The molecule has 1 heterocycles.